The van der Waals surface area contributed by atoms with Crippen molar-refractivity contribution < 1.29 is 54.4 Å². The molecular formula is C36H51NO11. The van der Waals surface area contributed by atoms with Crippen LogP contribution in [0.3, 0.4) is 0 Å². The number of methoxy groups -OCH3 is 2. The van der Waals surface area contributed by atoms with E-state index in [4.69, 9.17) is 18.9 Å². The quantitative estimate of drug-likeness (QED) is 0.253. The summed E-state index contributed by atoms with van der Waals surface area (Å²) in [5, 5.41) is 74.7. The van der Waals surface area contributed by atoms with E-state index in [1.54, 1.807) is 19.1 Å². The zero-order valence-electron chi connectivity index (χ0n) is 28.5. The highest BCUT2D eigenvalue weighted by atomic mass is 16.7. The number of ether oxygens (including phenoxy) is 4. The summed E-state index contributed by atoms with van der Waals surface area (Å²) < 4.78 is 23.5. The van der Waals surface area contributed by atoms with Gasteiger partial charge in [0.2, 0.25) is 5.79 Å². The highest BCUT2D eigenvalue weighted by molar-refractivity contribution is 5.90. The minimum absolute atomic E-state index is 0.101. The van der Waals surface area contributed by atoms with Crippen LogP contribution in [0.5, 0.6) is 11.5 Å². The molecule has 48 heavy (non-hydrogen) atoms. The molecule has 0 aromatic heterocycles. The fraction of sp³-hybridized carbons (Fsp3) is 0.806. The average Bonchev–Trinajstić information content (AvgIpc) is 3.21. The minimum Gasteiger partial charge on any atom is -0.493 e. The number of carbonyl (C=O) groups excluding carboxylic acids is 1. The summed E-state index contributed by atoms with van der Waals surface area (Å²) in [6.07, 6.45) is 0.172. The molecule has 1 aromatic carbocycles. The van der Waals surface area contributed by atoms with Gasteiger partial charge in [0, 0.05) is 55.1 Å². The van der Waals surface area contributed by atoms with E-state index in [-0.39, 0.29) is 24.9 Å². The summed E-state index contributed by atoms with van der Waals surface area (Å²) in [6, 6.07) is 4.28. The predicted octanol–water partition coefficient (Wildman–Crippen LogP) is 1.36. The number of esters is 1. The van der Waals surface area contributed by atoms with Gasteiger partial charge in [-0.15, -0.1) is 0 Å². The second-order valence-electron chi connectivity index (χ2n) is 16.8. The number of rotatable bonds is 4. The van der Waals surface area contributed by atoms with Crippen molar-refractivity contribution in [1.82, 2.24) is 4.90 Å². The van der Waals surface area contributed by atoms with Crippen molar-refractivity contribution in [3.8, 4) is 11.5 Å². The zero-order chi connectivity index (χ0) is 34.4. The first-order valence-electron chi connectivity index (χ1n) is 17.6. The van der Waals surface area contributed by atoms with Crippen LogP contribution >= 0.6 is 0 Å². The normalized spacial score (nSPS) is 53.6. The van der Waals surface area contributed by atoms with Gasteiger partial charge in [0.15, 0.2) is 17.6 Å². The fourth-order valence-corrected chi connectivity index (χ4v) is 12.6. The van der Waals surface area contributed by atoms with E-state index in [1.165, 1.54) is 20.3 Å². The van der Waals surface area contributed by atoms with Gasteiger partial charge in [-0.05, 0) is 69.6 Å². The van der Waals surface area contributed by atoms with E-state index in [0.717, 1.165) is 6.42 Å². The van der Waals surface area contributed by atoms with Gasteiger partial charge in [0.1, 0.15) is 22.4 Å². The molecule has 12 heteroatoms. The van der Waals surface area contributed by atoms with Crippen molar-refractivity contribution in [3.05, 3.63) is 23.8 Å². The molecule has 0 amide bonds. The number of carbonyl (C=O) groups is 1. The topological polar surface area (TPSA) is 179 Å². The van der Waals surface area contributed by atoms with E-state index >= 15 is 0 Å². The third-order valence-corrected chi connectivity index (χ3v) is 14.9. The monoisotopic (exact) mass is 673 g/mol. The third kappa shape index (κ3) is 3.66. The molecular weight excluding hydrogens is 622 g/mol. The van der Waals surface area contributed by atoms with Crippen molar-refractivity contribution in [3.63, 3.8) is 0 Å². The van der Waals surface area contributed by atoms with Gasteiger partial charge in [-0.2, -0.15) is 0 Å². The number of benzene rings is 1. The van der Waals surface area contributed by atoms with E-state index in [9.17, 15) is 35.4 Å². The van der Waals surface area contributed by atoms with Gasteiger partial charge in [0.25, 0.3) is 0 Å². The molecule has 4 bridgehead atoms. The Morgan fingerprint density at radius 2 is 1.60 bits per heavy atom. The molecule has 4 aliphatic carbocycles. The number of fused-ring (bicyclic) bond motifs is 5. The molecule has 12 nitrogen and oxygen atoms in total. The summed E-state index contributed by atoms with van der Waals surface area (Å²) >= 11 is 0. The Morgan fingerprint density at radius 3 is 2.31 bits per heavy atom. The van der Waals surface area contributed by atoms with Gasteiger partial charge >= 0.3 is 5.97 Å². The molecule has 8 rings (SSSR count). The highest BCUT2D eigenvalue weighted by Crippen LogP contribution is 2.78. The Hall–Kier alpha value is -2.03. The molecule has 0 radical (unpaired) electrons. The Bertz CT molecular complexity index is 1520. The fourth-order valence-electron chi connectivity index (χ4n) is 12.6. The van der Waals surface area contributed by atoms with Crippen LogP contribution in [0.4, 0.5) is 0 Å². The molecule has 6 N–H and O–H groups in total. The van der Waals surface area contributed by atoms with Crippen LogP contribution in [-0.4, -0.2) is 121 Å². The number of hydrogen-bond donors (Lipinski definition) is 6. The minimum atomic E-state index is -2.10. The first kappa shape index (κ1) is 33.1. The SMILES string of the molecule is COc1ccc(C(=O)OC2CC[C@@]3(C)C4CC[C@H]5[C@]6(O)C[C@H](O)[C@@]7(O)[C@@H](CN8C[C@@H](C)CC[C@H]8[C@@]7(C)O)[C@]6(O)C[C@]53O[C@]24O)cc1OC. The molecule has 266 valence electrons. The lowest BCUT2D eigenvalue weighted by Gasteiger charge is -2.68. The predicted molar refractivity (Wildman–Crippen MR) is 169 cm³/mol. The summed E-state index contributed by atoms with van der Waals surface area (Å²) in [6.45, 7) is 6.57. The van der Waals surface area contributed by atoms with E-state index in [1.807, 2.05) is 6.92 Å². The smallest absolute Gasteiger partial charge is 0.338 e. The molecule has 14 atom stereocenters. The number of aliphatic hydroxyl groups excluding tert-OH is 1. The summed E-state index contributed by atoms with van der Waals surface area (Å²) in [5.74, 6) is -3.63. The van der Waals surface area contributed by atoms with Crippen molar-refractivity contribution in [2.45, 2.75) is 124 Å². The van der Waals surface area contributed by atoms with Crippen molar-refractivity contribution in [2.75, 3.05) is 27.3 Å². The number of aliphatic hydroxyl groups is 6. The van der Waals surface area contributed by atoms with Crippen molar-refractivity contribution >= 4 is 5.97 Å². The van der Waals surface area contributed by atoms with Gasteiger partial charge < -0.3 is 49.6 Å². The molecule has 3 aliphatic heterocycles. The number of nitrogens with zero attached hydrogens (tertiary/aromatic N) is 1. The lowest BCUT2D eigenvalue weighted by Crippen LogP contribution is -2.85. The van der Waals surface area contributed by atoms with Crippen LogP contribution in [0.25, 0.3) is 0 Å². The lowest BCUT2D eigenvalue weighted by atomic mass is 9.49. The van der Waals surface area contributed by atoms with Crippen LogP contribution in [0, 0.1) is 29.1 Å². The number of hydrogen-bond acceptors (Lipinski definition) is 12. The van der Waals surface area contributed by atoms with Crippen molar-refractivity contribution in [2.24, 2.45) is 29.1 Å². The van der Waals surface area contributed by atoms with Crippen LogP contribution < -0.4 is 9.47 Å². The maximum Gasteiger partial charge on any atom is 0.338 e. The molecule has 3 saturated heterocycles. The van der Waals surface area contributed by atoms with E-state index in [2.05, 4.69) is 11.8 Å². The Kier molecular flexibility index (Phi) is 6.94. The zero-order valence-corrected chi connectivity index (χ0v) is 28.5. The van der Waals surface area contributed by atoms with Gasteiger partial charge in [-0.3, -0.25) is 4.90 Å². The Morgan fingerprint density at radius 1 is 0.896 bits per heavy atom. The maximum absolute atomic E-state index is 13.5. The molecule has 4 saturated carbocycles. The standard InChI is InChI=1S/C36H51NO11/c1-19-6-11-26-31(3,40)35(43)25(17-37(26)16-19)33(42)18-34-24(32(33,41)15-27(35)38)10-9-23-30(34,2)13-12-28(36(23,44)48-34)47-29(39)20-7-8-21(45-4)22(14-20)46-5/h7-8,14,19,23-28,38,40-44H,6,9-13,15-18H2,1-5H3/t19-,23?,24-,25-,26-,27-,28?,30-,31+,32+,33+,34-,35-,36-/m0/s1. The molecule has 2 unspecified atom stereocenters. The van der Waals surface area contributed by atoms with Crippen molar-refractivity contribution in [1.29, 1.82) is 0 Å². The molecule has 3 heterocycles. The second-order valence-corrected chi connectivity index (χ2v) is 16.8. The third-order valence-electron chi connectivity index (χ3n) is 14.9. The summed E-state index contributed by atoms with van der Waals surface area (Å²) in [5.41, 5.74) is -9.44. The first-order chi connectivity index (χ1) is 22.5. The first-order valence-corrected chi connectivity index (χ1v) is 17.6. The molecule has 1 aromatic rings. The summed E-state index contributed by atoms with van der Waals surface area (Å²) in [7, 11) is 2.97. The van der Waals surface area contributed by atoms with E-state index in [0.29, 0.717) is 56.1 Å². The Labute approximate surface area is 280 Å². The maximum atomic E-state index is 13.5. The van der Waals surface area contributed by atoms with Crippen LogP contribution in [0.1, 0.15) is 82.5 Å². The second kappa shape index (κ2) is 10.1. The number of piperidine rings is 2. The Balaban J connectivity index is 1.16. The largest absolute Gasteiger partial charge is 0.493 e. The lowest BCUT2D eigenvalue weighted by molar-refractivity contribution is -0.354. The van der Waals surface area contributed by atoms with Crippen LogP contribution in [0.2, 0.25) is 0 Å². The summed E-state index contributed by atoms with van der Waals surface area (Å²) in [4.78, 5) is 15.6. The average molecular weight is 674 g/mol. The van der Waals surface area contributed by atoms with Gasteiger partial charge in [-0.1, -0.05) is 13.8 Å². The molecule has 1 spiro atoms. The van der Waals surface area contributed by atoms with E-state index < -0.39 is 81.2 Å². The highest BCUT2D eigenvalue weighted by Gasteiger charge is 2.88. The van der Waals surface area contributed by atoms with Crippen LogP contribution in [0.15, 0.2) is 18.2 Å². The van der Waals surface area contributed by atoms with Gasteiger partial charge in [0.05, 0.1) is 31.5 Å². The molecule has 7 fully saturated rings. The molecule has 7 aliphatic rings. The van der Waals surface area contributed by atoms with Gasteiger partial charge in [-0.25, -0.2) is 4.79 Å². The van der Waals surface area contributed by atoms with Crippen LogP contribution in [-0.2, 0) is 9.47 Å².